The lowest BCUT2D eigenvalue weighted by molar-refractivity contribution is 0.453. The molecule has 2 nitrogen and oxygen atoms in total. The molecular weight excluding hydrogens is 115 g/mol. The summed E-state index contributed by atoms with van der Waals surface area (Å²) in [4.78, 5) is 0. The maximum absolute atomic E-state index is 8.82. The summed E-state index contributed by atoms with van der Waals surface area (Å²) < 4.78 is 0. The van der Waals surface area contributed by atoms with Crippen molar-refractivity contribution in [3.8, 4) is 11.5 Å². The zero-order valence-electron chi connectivity index (χ0n) is 4.70. The first-order valence-corrected chi connectivity index (χ1v) is 2.47. The Hall–Kier alpha value is -1.12. The van der Waals surface area contributed by atoms with Gasteiger partial charge in [0.25, 0.3) is 0 Å². The fourth-order valence-corrected chi connectivity index (χ4v) is 0.532. The Morgan fingerprint density at radius 3 is 2.33 bits per heavy atom. The third-order valence-corrected chi connectivity index (χ3v) is 1.01. The second-order valence-electron chi connectivity index (χ2n) is 1.74. The Balaban J connectivity index is 3.17. The predicted molar refractivity (Wildman–Crippen MR) is 35.2 cm³/mol. The Morgan fingerprint density at radius 2 is 1.89 bits per heavy atom. The number of rotatable bonds is 0. The lowest BCUT2D eigenvalue weighted by Crippen LogP contribution is -2.00. The molecule has 0 aliphatic carbocycles. The van der Waals surface area contributed by atoms with Crippen LogP contribution in [0.2, 0.25) is 0 Å². The molecule has 0 atom stereocenters. The maximum atomic E-state index is 8.82. The molecule has 0 unspecified atom stereocenters. The highest BCUT2D eigenvalue weighted by Gasteiger charge is 1.93. The van der Waals surface area contributed by atoms with Crippen molar-refractivity contribution >= 4 is 13.3 Å². The van der Waals surface area contributed by atoms with Crippen molar-refractivity contribution in [3.63, 3.8) is 0 Å². The number of phenols is 2. The van der Waals surface area contributed by atoms with Gasteiger partial charge < -0.3 is 10.2 Å². The van der Waals surface area contributed by atoms with E-state index in [1.54, 1.807) is 0 Å². The quantitative estimate of drug-likeness (QED) is 0.469. The lowest BCUT2D eigenvalue weighted by Gasteiger charge is -1.96. The van der Waals surface area contributed by atoms with E-state index in [1.165, 1.54) is 18.2 Å². The Morgan fingerprint density at radius 1 is 1.22 bits per heavy atom. The number of aromatic hydroxyl groups is 2. The van der Waals surface area contributed by atoms with E-state index in [2.05, 4.69) is 0 Å². The molecular formula is C6H5BO2. The van der Waals surface area contributed by atoms with Crippen LogP contribution in [-0.2, 0) is 0 Å². The van der Waals surface area contributed by atoms with Crippen LogP contribution >= 0.6 is 0 Å². The van der Waals surface area contributed by atoms with E-state index in [9.17, 15) is 0 Å². The van der Waals surface area contributed by atoms with Crippen LogP contribution in [0.15, 0.2) is 18.2 Å². The van der Waals surface area contributed by atoms with Gasteiger partial charge in [0, 0.05) is 6.07 Å². The summed E-state index contributed by atoms with van der Waals surface area (Å²) >= 11 is 0. The minimum Gasteiger partial charge on any atom is -0.508 e. The van der Waals surface area contributed by atoms with E-state index in [1.807, 2.05) is 0 Å². The smallest absolute Gasteiger partial charge is 0.119 e. The number of hydrogen-bond donors (Lipinski definition) is 2. The molecule has 3 heteroatoms. The average molecular weight is 120 g/mol. The second-order valence-corrected chi connectivity index (χ2v) is 1.74. The van der Waals surface area contributed by atoms with E-state index >= 15 is 0 Å². The maximum Gasteiger partial charge on any atom is 0.119 e. The van der Waals surface area contributed by atoms with Crippen LogP contribution in [0, 0.1) is 0 Å². The van der Waals surface area contributed by atoms with Crippen LogP contribution in [0.25, 0.3) is 0 Å². The van der Waals surface area contributed by atoms with Crippen LogP contribution in [0.5, 0.6) is 11.5 Å². The molecule has 0 aliphatic rings. The first-order chi connectivity index (χ1) is 4.20. The second kappa shape index (κ2) is 2.01. The first-order valence-electron chi connectivity index (χ1n) is 2.47. The highest BCUT2D eigenvalue weighted by atomic mass is 16.3. The molecule has 2 N–H and O–H groups in total. The predicted octanol–water partition coefficient (Wildman–Crippen LogP) is -0.108. The van der Waals surface area contributed by atoms with E-state index in [0.717, 1.165) is 0 Å². The standard InChI is InChI=1S/C6H5BO2/c7-5-2-1-4(8)3-6(5)9/h1-3,8-9H. The van der Waals surface area contributed by atoms with Gasteiger partial charge in [0.1, 0.15) is 19.3 Å². The highest BCUT2D eigenvalue weighted by Crippen LogP contribution is 2.12. The highest BCUT2D eigenvalue weighted by molar-refractivity contribution is 6.34. The number of phenolic OH excluding ortho intramolecular Hbond substituents is 2. The van der Waals surface area contributed by atoms with Crippen LogP contribution in [0.4, 0.5) is 0 Å². The van der Waals surface area contributed by atoms with E-state index in [0.29, 0.717) is 0 Å². The normalized spacial score (nSPS) is 9.33. The van der Waals surface area contributed by atoms with Crippen molar-refractivity contribution in [2.75, 3.05) is 0 Å². The van der Waals surface area contributed by atoms with Gasteiger partial charge in [0.15, 0.2) is 0 Å². The van der Waals surface area contributed by atoms with Gasteiger partial charge in [-0.25, -0.2) is 0 Å². The minimum absolute atomic E-state index is 0.0155. The van der Waals surface area contributed by atoms with Gasteiger partial charge in [-0.05, 0) is 6.07 Å². The fraction of sp³-hybridized carbons (Fsp3) is 0. The molecule has 9 heavy (non-hydrogen) atoms. The molecule has 0 aliphatic heterocycles. The summed E-state index contributed by atoms with van der Waals surface area (Å²) in [5, 5.41) is 17.5. The summed E-state index contributed by atoms with van der Waals surface area (Å²) in [7, 11) is 5.23. The summed E-state index contributed by atoms with van der Waals surface area (Å²) in [5.74, 6) is -0.0725. The molecule has 0 saturated heterocycles. The van der Waals surface area contributed by atoms with Crippen LogP contribution < -0.4 is 5.46 Å². The molecule has 0 amide bonds. The van der Waals surface area contributed by atoms with E-state index in [4.69, 9.17) is 18.1 Å². The van der Waals surface area contributed by atoms with Crippen molar-refractivity contribution in [3.05, 3.63) is 18.2 Å². The van der Waals surface area contributed by atoms with Gasteiger partial charge >= 0.3 is 0 Å². The Kier molecular flexibility index (Phi) is 1.34. The van der Waals surface area contributed by atoms with Gasteiger partial charge in [0.2, 0.25) is 0 Å². The molecule has 1 aromatic rings. The molecule has 0 fully saturated rings. The number of benzene rings is 1. The Labute approximate surface area is 54.2 Å². The van der Waals surface area contributed by atoms with E-state index in [-0.39, 0.29) is 17.0 Å². The lowest BCUT2D eigenvalue weighted by atomic mass is 9.95. The van der Waals surface area contributed by atoms with Gasteiger partial charge in [0.05, 0.1) is 0 Å². The molecule has 0 aromatic heterocycles. The summed E-state index contributed by atoms with van der Waals surface area (Å²) in [6, 6.07) is 4.04. The molecule has 44 valence electrons. The van der Waals surface area contributed by atoms with Crippen LogP contribution in [0.1, 0.15) is 0 Å². The van der Waals surface area contributed by atoms with Crippen LogP contribution in [-0.4, -0.2) is 18.1 Å². The van der Waals surface area contributed by atoms with Crippen molar-refractivity contribution in [1.82, 2.24) is 0 Å². The van der Waals surface area contributed by atoms with Crippen molar-refractivity contribution in [1.29, 1.82) is 0 Å². The van der Waals surface area contributed by atoms with Crippen molar-refractivity contribution < 1.29 is 10.2 Å². The first kappa shape index (κ1) is 6.01. The Bertz CT molecular complexity index is 222. The van der Waals surface area contributed by atoms with Gasteiger partial charge in [-0.1, -0.05) is 11.5 Å². The summed E-state index contributed by atoms with van der Waals surface area (Å²) in [5.41, 5.74) is 0.271. The monoisotopic (exact) mass is 120 g/mol. The zero-order valence-corrected chi connectivity index (χ0v) is 4.70. The summed E-state index contributed by atoms with van der Waals surface area (Å²) in [6.45, 7) is 0. The third kappa shape index (κ3) is 1.16. The topological polar surface area (TPSA) is 40.5 Å². The van der Waals surface area contributed by atoms with Crippen LogP contribution in [0.3, 0.4) is 0 Å². The van der Waals surface area contributed by atoms with Crippen molar-refractivity contribution in [2.24, 2.45) is 0 Å². The average Bonchev–Trinajstić information content (AvgIpc) is 1.80. The fourth-order valence-electron chi connectivity index (χ4n) is 0.532. The molecule has 0 heterocycles. The minimum atomic E-state index is -0.0880. The molecule has 1 aromatic carbocycles. The molecule has 0 spiro atoms. The molecule has 0 saturated carbocycles. The SMILES string of the molecule is [B]c1ccc(O)cc1O. The molecule has 0 bridgehead atoms. The molecule has 2 radical (unpaired) electrons. The molecule has 1 rings (SSSR count). The summed E-state index contributed by atoms with van der Waals surface area (Å²) in [6.07, 6.45) is 0. The van der Waals surface area contributed by atoms with Gasteiger partial charge in [-0.15, -0.1) is 0 Å². The zero-order chi connectivity index (χ0) is 6.85. The number of hydrogen-bond acceptors (Lipinski definition) is 2. The third-order valence-electron chi connectivity index (χ3n) is 1.01. The largest absolute Gasteiger partial charge is 0.508 e. The van der Waals surface area contributed by atoms with Gasteiger partial charge in [-0.3, -0.25) is 0 Å². The van der Waals surface area contributed by atoms with Crippen molar-refractivity contribution in [2.45, 2.75) is 0 Å². The van der Waals surface area contributed by atoms with Gasteiger partial charge in [-0.2, -0.15) is 0 Å². The van der Waals surface area contributed by atoms with E-state index < -0.39 is 0 Å².